The number of amides is 1. The molecule has 122 valence electrons. The van der Waals surface area contributed by atoms with Crippen LogP contribution in [-0.2, 0) is 6.54 Å². The third kappa shape index (κ3) is 3.27. The van der Waals surface area contributed by atoms with Crippen LogP contribution in [0.5, 0.6) is 0 Å². The number of hydrogen-bond acceptors (Lipinski definition) is 4. The van der Waals surface area contributed by atoms with Crippen LogP contribution in [0.4, 0.5) is 0 Å². The summed E-state index contributed by atoms with van der Waals surface area (Å²) in [6.45, 7) is 6.18. The monoisotopic (exact) mass is 313 g/mol. The van der Waals surface area contributed by atoms with Gasteiger partial charge in [-0.05, 0) is 23.5 Å². The molecule has 23 heavy (non-hydrogen) atoms. The lowest BCUT2D eigenvalue weighted by molar-refractivity contribution is 0.0532. The van der Waals surface area contributed by atoms with Crippen LogP contribution < -0.4 is 5.73 Å². The maximum absolute atomic E-state index is 13.0. The van der Waals surface area contributed by atoms with Gasteiger partial charge in [-0.2, -0.15) is 5.10 Å². The number of likely N-dealkylation sites (tertiary alicyclic amines) is 1. The Kier molecular flexibility index (Phi) is 4.17. The molecule has 1 unspecified atom stereocenters. The highest BCUT2D eigenvalue weighted by Crippen LogP contribution is 2.29. The van der Waals surface area contributed by atoms with E-state index in [4.69, 9.17) is 5.73 Å². The van der Waals surface area contributed by atoms with E-state index in [1.807, 2.05) is 29.2 Å². The Hall–Kier alpha value is -2.21. The molecule has 1 amide bonds. The highest BCUT2D eigenvalue weighted by Gasteiger charge is 2.35. The molecule has 2 N–H and O–H groups in total. The zero-order valence-corrected chi connectivity index (χ0v) is 13.6. The Morgan fingerprint density at radius 1 is 1.39 bits per heavy atom. The molecule has 6 heteroatoms. The van der Waals surface area contributed by atoms with E-state index in [0.717, 1.165) is 17.5 Å². The number of aromatic nitrogens is 3. The summed E-state index contributed by atoms with van der Waals surface area (Å²) in [5, 5.41) is 4.12. The lowest BCUT2D eigenvalue weighted by Crippen LogP contribution is -2.54. The van der Waals surface area contributed by atoms with Gasteiger partial charge in [0.05, 0.1) is 6.54 Å². The van der Waals surface area contributed by atoms with Crippen LogP contribution in [-0.4, -0.2) is 44.7 Å². The molecule has 1 aromatic heterocycles. The van der Waals surface area contributed by atoms with Gasteiger partial charge in [0.15, 0.2) is 0 Å². The van der Waals surface area contributed by atoms with Crippen molar-refractivity contribution >= 4 is 5.91 Å². The molecule has 3 rings (SSSR count). The fourth-order valence-corrected chi connectivity index (χ4v) is 3.07. The summed E-state index contributed by atoms with van der Waals surface area (Å²) < 4.78 is 1.72. The standard InChI is InChI=1S/C17H23N5O/c1-17(2)10-21(8-7-15(17)18)16(23)14-6-4-3-5-13(14)9-22-12-19-11-20-22/h3-6,11-12,15H,7-10,18H2,1-2H3. The predicted octanol–water partition coefficient (Wildman–Crippen LogP) is 1.53. The largest absolute Gasteiger partial charge is 0.338 e. The first kappa shape index (κ1) is 15.7. The first-order valence-corrected chi connectivity index (χ1v) is 7.92. The van der Waals surface area contributed by atoms with Gasteiger partial charge in [0.2, 0.25) is 0 Å². The van der Waals surface area contributed by atoms with Crippen molar-refractivity contribution in [2.75, 3.05) is 13.1 Å². The normalized spacial score (nSPS) is 20.5. The highest BCUT2D eigenvalue weighted by atomic mass is 16.2. The van der Waals surface area contributed by atoms with Gasteiger partial charge in [-0.15, -0.1) is 0 Å². The van der Waals surface area contributed by atoms with Gasteiger partial charge in [0, 0.05) is 24.7 Å². The van der Waals surface area contributed by atoms with Crippen LogP contribution in [0.15, 0.2) is 36.9 Å². The summed E-state index contributed by atoms with van der Waals surface area (Å²) in [6, 6.07) is 7.83. The van der Waals surface area contributed by atoms with Crippen molar-refractivity contribution in [1.29, 1.82) is 0 Å². The van der Waals surface area contributed by atoms with Gasteiger partial charge in [0.25, 0.3) is 5.91 Å². The minimum Gasteiger partial charge on any atom is -0.338 e. The van der Waals surface area contributed by atoms with Gasteiger partial charge >= 0.3 is 0 Å². The van der Waals surface area contributed by atoms with Crippen LogP contribution in [0, 0.1) is 5.41 Å². The molecule has 6 nitrogen and oxygen atoms in total. The molecule has 1 aliphatic rings. The number of benzene rings is 1. The number of hydrogen-bond donors (Lipinski definition) is 1. The lowest BCUT2D eigenvalue weighted by atomic mass is 9.79. The molecule has 0 spiro atoms. The fourth-order valence-electron chi connectivity index (χ4n) is 3.07. The molecule has 1 atom stereocenters. The molecule has 0 radical (unpaired) electrons. The molecule has 1 saturated heterocycles. The van der Waals surface area contributed by atoms with Crippen LogP contribution in [0.2, 0.25) is 0 Å². The van der Waals surface area contributed by atoms with Gasteiger partial charge < -0.3 is 10.6 Å². The first-order valence-electron chi connectivity index (χ1n) is 7.92. The van der Waals surface area contributed by atoms with Crippen LogP contribution in [0.25, 0.3) is 0 Å². The minimum absolute atomic E-state index is 0.0608. The summed E-state index contributed by atoms with van der Waals surface area (Å²) in [5.74, 6) is 0.0701. The van der Waals surface area contributed by atoms with Gasteiger partial charge in [-0.1, -0.05) is 32.0 Å². The SMILES string of the molecule is CC1(C)CN(C(=O)c2ccccc2Cn2cncn2)CCC1N. The molecule has 0 saturated carbocycles. The summed E-state index contributed by atoms with van der Waals surface area (Å²) >= 11 is 0. The zero-order valence-electron chi connectivity index (χ0n) is 13.6. The van der Waals surface area contributed by atoms with Gasteiger partial charge in [-0.25, -0.2) is 9.67 Å². The predicted molar refractivity (Wildman–Crippen MR) is 87.8 cm³/mol. The number of carbonyl (C=O) groups is 1. The van der Waals surface area contributed by atoms with E-state index in [-0.39, 0.29) is 17.4 Å². The van der Waals surface area contributed by atoms with Crippen LogP contribution in [0.1, 0.15) is 36.2 Å². The van der Waals surface area contributed by atoms with E-state index < -0.39 is 0 Å². The van der Waals surface area contributed by atoms with Crippen molar-refractivity contribution in [3.63, 3.8) is 0 Å². The molecule has 2 aromatic rings. The van der Waals surface area contributed by atoms with E-state index in [1.54, 1.807) is 11.0 Å². The van der Waals surface area contributed by atoms with E-state index in [1.165, 1.54) is 6.33 Å². The lowest BCUT2D eigenvalue weighted by Gasteiger charge is -2.42. The molecule has 1 aromatic carbocycles. The van der Waals surface area contributed by atoms with E-state index >= 15 is 0 Å². The quantitative estimate of drug-likeness (QED) is 0.932. The van der Waals surface area contributed by atoms with E-state index in [9.17, 15) is 4.79 Å². The third-order valence-electron chi connectivity index (χ3n) is 4.65. The Balaban J connectivity index is 1.82. The highest BCUT2D eigenvalue weighted by molar-refractivity contribution is 5.95. The maximum Gasteiger partial charge on any atom is 0.254 e. The molecule has 2 heterocycles. The van der Waals surface area contributed by atoms with Crippen molar-refractivity contribution in [1.82, 2.24) is 19.7 Å². The number of rotatable bonds is 3. The van der Waals surface area contributed by atoms with E-state index in [2.05, 4.69) is 23.9 Å². The molecule has 0 aliphatic carbocycles. The Morgan fingerprint density at radius 2 is 2.17 bits per heavy atom. The number of nitrogens with zero attached hydrogens (tertiary/aromatic N) is 4. The van der Waals surface area contributed by atoms with Crippen molar-refractivity contribution in [3.05, 3.63) is 48.0 Å². The summed E-state index contributed by atoms with van der Waals surface area (Å²) in [6.07, 6.45) is 3.99. The first-order chi connectivity index (χ1) is 11.0. The van der Waals surface area contributed by atoms with Gasteiger partial charge in [-0.3, -0.25) is 4.79 Å². The Bertz CT molecular complexity index is 680. The van der Waals surface area contributed by atoms with Gasteiger partial charge in [0.1, 0.15) is 12.7 Å². The van der Waals surface area contributed by atoms with Crippen LogP contribution in [0.3, 0.4) is 0 Å². The number of nitrogens with two attached hydrogens (primary N) is 1. The Morgan fingerprint density at radius 3 is 2.87 bits per heavy atom. The molecule has 0 bridgehead atoms. The minimum atomic E-state index is -0.0608. The molecular formula is C17H23N5O. The fraction of sp³-hybridized carbons (Fsp3) is 0.471. The maximum atomic E-state index is 13.0. The molecule has 1 fully saturated rings. The second kappa shape index (κ2) is 6.12. The van der Waals surface area contributed by atoms with Crippen molar-refractivity contribution in [2.45, 2.75) is 32.9 Å². The zero-order chi connectivity index (χ0) is 16.4. The average molecular weight is 313 g/mol. The summed E-state index contributed by atoms with van der Waals surface area (Å²) in [5.41, 5.74) is 7.80. The average Bonchev–Trinajstić information content (AvgIpc) is 3.03. The third-order valence-corrected chi connectivity index (χ3v) is 4.65. The Labute approximate surface area is 136 Å². The second-order valence-electron chi connectivity index (χ2n) is 6.86. The van der Waals surface area contributed by atoms with Crippen molar-refractivity contribution in [3.8, 4) is 0 Å². The molecular weight excluding hydrogens is 290 g/mol. The number of piperidine rings is 1. The molecule has 1 aliphatic heterocycles. The summed E-state index contributed by atoms with van der Waals surface area (Å²) in [4.78, 5) is 18.9. The van der Waals surface area contributed by atoms with Crippen molar-refractivity contribution in [2.24, 2.45) is 11.1 Å². The summed E-state index contributed by atoms with van der Waals surface area (Å²) in [7, 11) is 0. The second-order valence-corrected chi connectivity index (χ2v) is 6.86. The van der Waals surface area contributed by atoms with Crippen molar-refractivity contribution < 1.29 is 4.79 Å². The topological polar surface area (TPSA) is 77.0 Å². The smallest absolute Gasteiger partial charge is 0.254 e. The van der Waals surface area contributed by atoms with E-state index in [0.29, 0.717) is 19.6 Å². The number of carbonyl (C=O) groups excluding carboxylic acids is 1. The van der Waals surface area contributed by atoms with Crippen LogP contribution >= 0.6 is 0 Å².